The Morgan fingerprint density at radius 1 is 1.05 bits per heavy atom. The minimum atomic E-state index is 0.235. The van der Waals surface area contributed by atoms with Crippen LogP contribution in [0.2, 0.25) is 0 Å². The number of nitrogens with one attached hydrogen (secondary N) is 1. The Bertz CT molecular complexity index is 703. The molecule has 0 saturated carbocycles. The first-order valence-electron chi connectivity index (χ1n) is 5.56. The van der Waals surface area contributed by atoms with Gasteiger partial charge in [0.05, 0.1) is 11.1 Å². The smallest absolute Gasteiger partial charge is 0.220 e. The maximum atomic E-state index is 5.94. The predicted octanol–water partition coefficient (Wildman–Crippen LogP) is 1.99. The number of nitrogens with zero attached hydrogens (tertiary/aromatic N) is 3. The van der Waals surface area contributed by atoms with Crippen molar-refractivity contribution in [3.8, 4) is 11.3 Å². The van der Waals surface area contributed by atoms with E-state index in [1.807, 2.05) is 6.20 Å². The Morgan fingerprint density at radius 2 is 1.79 bits per heavy atom. The Morgan fingerprint density at radius 3 is 2.53 bits per heavy atom. The lowest BCUT2D eigenvalue weighted by molar-refractivity contribution is 1.19. The predicted molar refractivity (Wildman–Crippen MR) is 77.2 cm³/mol. The van der Waals surface area contributed by atoms with Gasteiger partial charge >= 0.3 is 0 Å². The van der Waals surface area contributed by atoms with E-state index in [2.05, 4.69) is 33.1 Å². The van der Waals surface area contributed by atoms with Crippen LogP contribution in [0, 0.1) is 0 Å². The minimum absolute atomic E-state index is 0.235. The Kier molecular flexibility index (Phi) is 3.42. The van der Waals surface area contributed by atoms with E-state index in [0.717, 1.165) is 22.3 Å². The first-order chi connectivity index (χ1) is 9.25. The monoisotopic (exact) mass is 254 g/mol. The number of aromatic nitrogens is 4. The Balaban J connectivity index is 0.000000637. The highest BCUT2D eigenvalue weighted by atomic mass is 15.0. The lowest BCUT2D eigenvalue weighted by Crippen LogP contribution is -1.95. The molecule has 0 radical (unpaired) electrons. The molecule has 0 fully saturated rings. The second-order valence-corrected chi connectivity index (χ2v) is 3.63. The van der Waals surface area contributed by atoms with Crippen molar-refractivity contribution in [1.82, 2.24) is 19.9 Å². The molecule has 6 nitrogen and oxygen atoms in total. The van der Waals surface area contributed by atoms with Crippen LogP contribution >= 0.6 is 0 Å². The average Bonchev–Trinajstić information content (AvgIpc) is 2.86. The summed E-state index contributed by atoms with van der Waals surface area (Å²) in [6.07, 6.45) is 5.09. The van der Waals surface area contributed by atoms with Crippen molar-refractivity contribution in [2.75, 3.05) is 11.5 Å². The maximum Gasteiger partial charge on any atom is 0.220 e. The molecule has 0 amide bonds. The molecule has 0 spiro atoms. The highest BCUT2D eigenvalue weighted by Gasteiger charge is 2.10. The van der Waals surface area contributed by atoms with Gasteiger partial charge in [-0.15, -0.1) is 13.2 Å². The molecular formula is C13H14N6. The molecule has 0 aliphatic carbocycles. The first-order valence-corrected chi connectivity index (χ1v) is 5.56. The molecule has 3 aromatic heterocycles. The summed E-state index contributed by atoms with van der Waals surface area (Å²) >= 11 is 0. The summed E-state index contributed by atoms with van der Waals surface area (Å²) in [6, 6.07) is 3.54. The number of aromatic amines is 1. The van der Waals surface area contributed by atoms with Gasteiger partial charge in [0.1, 0.15) is 5.65 Å². The van der Waals surface area contributed by atoms with Crippen LogP contribution in [0.3, 0.4) is 0 Å². The standard InChI is InChI=1S/C11H10N6.C2H4/c12-7-1-3-14-10-9(7)6(5-16-10)8-2-4-15-11(13)17-8;1-2/h1-5H,(H3,12,14,16)(H2,13,15,17);1-2H2. The van der Waals surface area contributed by atoms with E-state index in [0.29, 0.717) is 5.69 Å². The van der Waals surface area contributed by atoms with Crippen LogP contribution in [0.25, 0.3) is 22.3 Å². The van der Waals surface area contributed by atoms with E-state index in [-0.39, 0.29) is 5.95 Å². The molecule has 3 aromatic rings. The van der Waals surface area contributed by atoms with Crippen molar-refractivity contribution in [2.45, 2.75) is 0 Å². The fraction of sp³-hybridized carbons (Fsp3) is 0. The van der Waals surface area contributed by atoms with Gasteiger partial charge in [-0.2, -0.15) is 0 Å². The molecule has 3 heterocycles. The number of rotatable bonds is 1. The van der Waals surface area contributed by atoms with Gasteiger partial charge in [-0.3, -0.25) is 0 Å². The van der Waals surface area contributed by atoms with Gasteiger partial charge in [0.2, 0.25) is 5.95 Å². The molecule has 0 aromatic carbocycles. The molecule has 0 unspecified atom stereocenters. The fourth-order valence-electron chi connectivity index (χ4n) is 1.81. The fourth-order valence-corrected chi connectivity index (χ4v) is 1.81. The molecule has 5 N–H and O–H groups in total. The van der Waals surface area contributed by atoms with E-state index in [1.165, 1.54) is 0 Å². The normalized spacial score (nSPS) is 9.89. The second kappa shape index (κ2) is 5.18. The quantitative estimate of drug-likeness (QED) is 0.576. The van der Waals surface area contributed by atoms with Gasteiger partial charge in [0.15, 0.2) is 0 Å². The van der Waals surface area contributed by atoms with Crippen LogP contribution in [-0.2, 0) is 0 Å². The first kappa shape index (κ1) is 12.6. The third-order valence-electron chi connectivity index (χ3n) is 2.56. The zero-order chi connectivity index (χ0) is 13.8. The molecule has 0 aliphatic rings. The molecule has 3 rings (SSSR count). The highest BCUT2D eigenvalue weighted by Crippen LogP contribution is 2.30. The summed E-state index contributed by atoms with van der Waals surface area (Å²) in [6.45, 7) is 6.00. The summed E-state index contributed by atoms with van der Waals surface area (Å²) in [4.78, 5) is 15.3. The number of anilines is 2. The van der Waals surface area contributed by atoms with Crippen LogP contribution in [-0.4, -0.2) is 19.9 Å². The third kappa shape index (κ3) is 2.23. The van der Waals surface area contributed by atoms with Crippen LogP contribution in [0.5, 0.6) is 0 Å². The van der Waals surface area contributed by atoms with Crippen LogP contribution in [0.4, 0.5) is 11.6 Å². The van der Waals surface area contributed by atoms with Gasteiger partial charge in [-0.25, -0.2) is 15.0 Å². The molecule has 0 saturated heterocycles. The lowest BCUT2D eigenvalue weighted by Gasteiger charge is -2.01. The van der Waals surface area contributed by atoms with Gasteiger partial charge in [0.25, 0.3) is 0 Å². The van der Waals surface area contributed by atoms with Crippen molar-refractivity contribution in [3.63, 3.8) is 0 Å². The zero-order valence-electron chi connectivity index (χ0n) is 10.3. The molecule has 0 aliphatic heterocycles. The molecule has 0 bridgehead atoms. The summed E-state index contributed by atoms with van der Waals surface area (Å²) in [5.74, 6) is 0.235. The maximum absolute atomic E-state index is 5.94. The number of fused-ring (bicyclic) bond motifs is 1. The number of hydrogen-bond donors (Lipinski definition) is 3. The Hall–Kier alpha value is -2.89. The van der Waals surface area contributed by atoms with Crippen molar-refractivity contribution < 1.29 is 0 Å². The molecule has 19 heavy (non-hydrogen) atoms. The summed E-state index contributed by atoms with van der Waals surface area (Å²) in [7, 11) is 0. The molecule has 0 atom stereocenters. The van der Waals surface area contributed by atoms with E-state index in [9.17, 15) is 0 Å². The lowest BCUT2D eigenvalue weighted by atomic mass is 10.1. The Labute approximate surface area is 110 Å². The van der Waals surface area contributed by atoms with Crippen molar-refractivity contribution in [3.05, 3.63) is 43.9 Å². The van der Waals surface area contributed by atoms with Crippen molar-refractivity contribution >= 4 is 22.7 Å². The topological polar surface area (TPSA) is 106 Å². The number of nitrogen functional groups attached to an aromatic ring is 2. The van der Waals surface area contributed by atoms with Crippen LogP contribution in [0.15, 0.2) is 43.9 Å². The van der Waals surface area contributed by atoms with E-state index < -0.39 is 0 Å². The van der Waals surface area contributed by atoms with Crippen molar-refractivity contribution in [2.24, 2.45) is 0 Å². The number of hydrogen-bond acceptors (Lipinski definition) is 5. The van der Waals surface area contributed by atoms with Gasteiger partial charge in [0, 0.05) is 29.8 Å². The summed E-state index contributed by atoms with van der Waals surface area (Å²) in [5, 5.41) is 0.852. The van der Waals surface area contributed by atoms with Gasteiger partial charge in [-0.1, -0.05) is 0 Å². The summed E-state index contributed by atoms with van der Waals surface area (Å²) in [5.41, 5.74) is 14.5. The number of pyridine rings is 1. The molecular weight excluding hydrogens is 240 g/mol. The van der Waals surface area contributed by atoms with E-state index in [4.69, 9.17) is 11.5 Å². The van der Waals surface area contributed by atoms with E-state index in [1.54, 1.807) is 24.5 Å². The molecule has 6 heteroatoms. The highest BCUT2D eigenvalue weighted by molar-refractivity contribution is 6.00. The van der Waals surface area contributed by atoms with Crippen LogP contribution < -0.4 is 11.5 Å². The zero-order valence-corrected chi connectivity index (χ0v) is 10.3. The number of H-pyrrole nitrogens is 1. The van der Waals surface area contributed by atoms with E-state index >= 15 is 0 Å². The second-order valence-electron chi connectivity index (χ2n) is 3.63. The average molecular weight is 254 g/mol. The van der Waals surface area contributed by atoms with Crippen LogP contribution in [0.1, 0.15) is 0 Å². The minimum Gasteiger partial charge on any atom is -0.398 e. The van der Waals surface area contributed by atoms with Gasteiger partial charge in [-0.05, 0) is 12.1 Å². The summed E-state index contributed by atoms with van der Waals surface area (Å²) < 4.78 is 0. The molecule has 96 valence electrons. The van der Waals surface area contributed by atoms with Gasteiger partial charge < -0.3 is 16.5 Å². The third-order valence-corrected chi connectivity index (χ3v) is 2.56. The number of nitrogens with two attached hydrogens (primary N) is 2. The van der Waals surface area contributed by atoms with Crippen molar-refractivity contribution in [1.29, 1.82) is 0 Å². The largest absolute Gasteiger partial charge is 0.398 e. The SMILES string of the molecule is C=C.Nc1nccc(-c2c[nH]c3nccc(N)c23)n1.